The van der Waals surface area contributed by atoms with Gasteiger partial charge in [-0.3, -0.25) is 19.2 Å². The molecule has 2 aromatic heterocycles. The average Bonchev–Trinajstić information content (AvgIpc) is 3.46. The van der Waals surface area contributed by atoms with Gasteiger partial charge < -0.3 is 10.2 Å². The minimum Gasteiger partial charge on any atom is -0.341 e. The summed E-state index contributed by atoms with van der Waals surface area (Å²) in [6.45, 7) is 7.75. The summed E-state index contributed by atoms with van der Waals surface area (Å²) in [6.07, 6.45) is 3.79. The van der Waals surface area contributed by atoms with Crippen molar-refractivity contribution in [2.45, 2.75) is 58.7 Å². The quantitative estimate of drug-likeness (QED) is 0.648. The Kier molecular flexibility index (Phi) is 6.37. The van der Waals surface area contributed by atoms with Crippen LogP contribution in [-0.4, -0.2) is 56.1 Å². The molecule has 32 heavy (non-hydrogen) atoms. The van der Waals surface area contributed by atoms with Crippen molar-refractivity contribution in [1.82, 2.24) is 24.9 Å². The number of aryl methyl sites for hydroxylation is 1. The Morgan fingerprint density at radius 2 is 2.03 bits per heavy atom. The Hall–Kier alpha value is -2.68. The van der Waals surface area contributed by atoms with Crippen LogP contribution in [0, 0.1) is 18.8 Å². The van der Waals surface area contributed by atoms with Gasteiger partial charge in [-0.25, -0.2) is 4.79 Å². The number of hydrogen-bond donors (Lipinski definition) is 1. The number of thiophene rings is 1. The number of carbonyl (C=O) groups is 3. The molecule has 2 aliphatic heterocycles. The van der Waals surface area contributed by atoms with E-state index in [1.807, 2.05) is 41.6 Å². The predicted molar refractivity (Wildman–Crippen MR) is 122 cm³/mol. The van der Waals surface area contributed by atoms with Crippen LogP contribution in [0.1, 0.15) is 43.7 Å². The third kappa shape index (κ3) is 4.44. The van der Waals surface area contributed by atoms with E-state index in [-0.39, 0.29) is 36.2 Å². The molecule has 0 saturated carbocycles. The molecule has 0 aromatic carbocycles. The summed E-state index contributed by atoms with van der Waals surface area (Å²) in [5, 5.41) is 9.34. The Balaban J connectivity index is 1.45. The first-order chi connectivity index (χ1) is 15.3. The van der Waals surface area contributed by atoms with E-state index in [1.165, 1.54) is 4.90 Å². The topological polar surface area (TPSA) is 87.5 Å². The fourth-order valence-corrected chi connectivity index (χ4v) is 5.68. The van der Waals surface area contributed by atoms with Crippen molar-refractivity contribution in [3.05, 3.63) is 40.3 Å². The number of amides is 4. The number of carbonyl (C=O) groups excluding carboxylic acids is 3. The SMILES string of the molecule is Cc1ccn(CC(=O)N2CCC([C@@]3(CC(C)C)NC(=O)N(Cc4cccs4)C3=O)CC2)n1. The summed E-state index contributed by atoms with van der Waals surface area (Å²) in [4.78, 5) is 43.4. The summed E-state index contributed by atoms with van der Waals surface area (Å²) >= 11 is 1.54. The first-order valence-corrected chi connectivity index (χ1v) is 12.1. The maximum Gasteiger partial charge on any atom is 0.325 e. The smallest absolute Gasteiger partial charge is 0.325 e. The minimum atomic E-state index is -0.892. The maximum absolute atomic E-state index is 13.6. The van der Waals surface area contributed by atoms with Crippen molar-refractivity contribution in [2.24, 2.45) is 11.8 Å². The molecule has 2 saturated heterocycles. The molecular weight excluding hydrogens is 426 g/mol. The molecule has 1 N–H and O–H groups in total. The first kappa shape index (κ1) is 22.5. The van der Waals surface area contributed by atoms with Gasteiger partial charge in [0.05, 0.1) is 12.2 Å². The van der Waals surface area contributed by atoms with E-state index >= 15 is 0 Å². The van der Waals surface area contributed by atoms with Crippen LogP contribution in [0.3, 0.4) is 0 Å². The molecule has 4 heterocycles. The van der Waals surface area contributed by atoms with Crippen LogP contribution in [0.5, 0.6) is 0 Å². The Morgan fingerprint density at radius 3 is 2.62 bits per heavy atom. The van der Waals surface area contributed by atoms with E-state index in [4.69, 9.17) is 0 Å². The molecule has 2 aromatic rings. The summed E-state index contributed by atoms with van der Waals surface area (Å²) in [5.74, 6) is 0.168. The van der Waals surface area contributed by atoms with Gasteiger partial charge >= 0.3 is 6.03 Å². The summed E-state index contributed by atoms with van der Waals surface area (Å²) < 4.78 is 1.66. The van der Waals surface area contributed by atoms with Crippen molar-refractivity contribution in [2.75, 3.05) is 13.1 Å². The predicted octanol–water partition coefficient (Wildman–Crippen LogP) is 3.03. The second-order valence-electron chi connectivity index (χ2n) is 9.28. The van der Waals surface area contributed by atoms with E-state index in [2.05, 4.69) is 24.3 Å². The van der Waals surface area contributed by atoms with Gasteiger partial charge in [0.15, 0.2) is 0 Å². The summed E-state index contributed by atoms with van der Waals surface area (Å²) in [7, 11) is 0. The van der Waals surface area contributed by atoms with Gasteiger partial charge in [0, 0.05) is 24.2 Å². The van der Waals surface area contributed by atoms with E-state index in [0.29, 0.717) is 38.9 Å². The third-order valence-corrected chi connectivity index (χ3v) is 7.30. The number of likely N-dealkylation sites (tertiary alicyclic amines) is 1. The highest BCUT2D eigenvalue weighted by Gasteiger charge is 2.56. The van der Waals surface area contributed by atoms with Crippen LogP contribution in [0.4, 0.5) is 4.79 Å². The van der Waals surface area contributed by atoms with E-state index < -0.39 is 5.54 Å². The van der Waals surface area contributed by atoms with Gasteiger partial charge in [-0.15, -0.1) is 11.3 Å². The first-order valence-electron chi connectivity index (χ1n) is 11.2. The third-order valence-electron chi connectivity index (χ3n) is 6.44. The number of urea groups is 1. The zero-order chi connectivity index (χ0) is 22.9. The molecule has 0 bridgehead atoms. The maximum atomic E-state index is 13.6. The second-order valence-corrected chi connectivity index (χ2v) is 10.3. The number of piperidine rings is 1. The van der Waals surface area contributed by atoms with Crippen LogP contribution in [0.15, 0.2) is 29.8 Å². The zero-order valence-corrected chi connectivity index (χ0v) is 19.7. The van der Waals surface area contributed by atoms with Gasteiger partial charge in [-0.05, 0) is 55.5 Å². The molecule has 172 valence electrons. The van der Waals surface area contributed by atoms with E-state index in [1.54, 1.807) is 16.0 Å². The van der Waals surface area contributed by atoms with Crippen molar-refractivity contribution in [1.29, 1.82) is 0 Å². The van der Waals surface area contributed by atoms with Gasteiger partial charge in [0.25, 0.3) is 5.91 Å². The second kappa shape index (κ2) is 9.05. The molecule has 2 fully saturated rings. The van der Waals surface area contributed by atoms with Crippen LogP contribution in [0.2, 0.25) is 0 Å². The lowest BCUT2D eigenvalue weighted by molar-refractivity contribution is -0.137. The highest BCUT2D eigenvalue weighted by molar-refractivity contribution is 7.09. The number of imide groups is 1. The highest BCUT2D eigenvalue weighted by Crippen LogP contribution is 2.39. The van der Waals surface area contributed by atoms with E-state index in [9.17, 15) is 14.4 Å². The molecule has 0 radical (unpaired) electrons. The molecule has 0 aliphatic carbocycles. The zero-order valence-electron chi connectivity index (χ0n) is 18.9. The minimum absolute atomic E-state index is 0.00526. The van der Waals surface area contributed by atoms with Gasteiger partial charge in [-0.2, -0.15) is 5.10 Å². The number of rotatable bonds is 7. The Morgan fingerprint density at radius 1 is 1.28 bits per heavy atom. The summed E-state index contributed by atoms with van der Waals surface area (Å²) in [6, 6.07) is 5.44. The fraction of sp³-hybridized carbons (Fsp3) is 0.565. The lowest BCUT2D eigenvalue weighted by atomic mass is 9.73. The molecule has 4 amide bonds. The van der Waals surface area contributed by atoms with Crippen LogP contribution >= 0.6 is 11.3 Å². The van der Waals surface area contributed by atoms with Crippen molar-refractivity contribution in [3.8, 4) is 0 Å². The Bertz CT molecular complexity index is 978. The fourth-order valence-electron chi connectivity index (χ4n) is 4.98. The largest absolute Gasteiger partial charge is 0.341 e. The number of nitrogens with one attached hydrogen (secondary N) is 1. The molecule has 0 spiro atoms. The molecule has 8 nitrogen and oxygen atoms in total. The number of aromatic nitrogens is 2. The average molecular weight is 458 g/mol. The van der Waals surface area contributed by atoms with Gasteiger partial charge in [0.2, 0.25) is 5.91 Å². The molecule has 9 heteroatoms. The lowest BCUT2D eigenvalue weighted by Crippen LogP contribution is -2.57. The molecule has 4 rings (SSSR count). The normalized spacial score (nSPS) is 22.1. The monoisotopic (exact) mass is 457 g/mol. The Labute approximate surface area is 192 Å². The molecule has 2 aliphatic rings. The lowest BCUT2D eigenvalue weighted by Gasteiger charge is -2.41. The molecule has 1 atom stereocenters. The van der Waals surface area contributed by atoms with Crippen LogP contribution in [0.25, 0.3) is 0 Å². The van der Waals surface area contributed by atoms with Gasteiger partial charge in [0.1, 0.15) is 12.1 Å². The van der Waals surface area contributed by atoms with Crippen LogP contribution < -0.4 is 5.32 Å². The van der Waals surface area contributed by atoms with Crippen molar-refractivity contribution in [3.63, 3.8) is 0 Å². The highest BCUT2D eigenvalue weighted by atomic mass is 32.1. The molecule has 0 unspecified atom stereocenters. The van der Waals surface area contributed by atoms with Gasteiger partial charge in [-0.1, -0.05) is 19.9 Å². The standard InChI is InChI=1S/C23H31N5O3S/c1-16(2)13-23(21(30)28(22(31)24-23)14-19-5-4-12-32-19)18-7-9-26(10-8-18)20(29)15-27-11-6-17(3)25-27/h4-6,11-12,16,18H,7-10,13-15H2,1-3H3,(H,24,31)/t23-/m1/s1. The van der Waals surface area contributed by atoms with Crippen molar-refractivity contribution < 1.29 is 14.4 Å². The number of nitrogens with zero attached hydrogens (tertiary/aromatic N) is 4. The van der Waals surface area contributed by atoms with E-state index in [0.717, 1.165) is 10.6 Å². The number of hydrogen-bond acceptors (Lipinski definition) is 5. The molecular formula is C23H31N5O3S. The summed E-state index contributed by atoms with van der Waals surface area (Å²) in [5.41, 5.74) is -0.00812. The van der Waals surface area contributed by atoms with Crippen molar-refractivity contribution >= 4 is 29.2 Å². The van der Waals surface area contributed by atoms with Crippen LogP contribution in [-0.2, 0) is 22.7 Å².